The first kappa shape index (κ1) is 17.6. The van der Waals surface area contributed by atoms with Gasteiger partial charge in [-0.3, -0.25) is 9.69 Å². The van der Waals surface area contributed by atoms with Gasteiger partial charge in [-0.2, -0.15) is 0 Å². The van der Waals surface area contributed by atoms with E-state index in [1.54, 1.807) is 7.11 Å². The molecule has 1 aliphatic heterocycles. The second kappa shape index (κ2) is 7.80. The van der Waals surface area contributed by atoms with Crippen LogP contribution in [0.3, 0.4) is 0 Å². The lowest BCUT2D eigenvalue weighted by molar-refractivity contribution is 0.0869. The van der Waals surface area contributed by atoms with E-state index in [-0.39, 0.29) is 17.8 Å². The Hall–Kier alpha value is -2.18. The zero-order valence-electron chi connectivity index (χ0n) is 15.0. The summed E-state index contributed by atoms with van der Waals surface area (Å²) in [5, 5.41) is 2.83. The van der Waals surface area contributed by atoms with Crippen LogP contribution < -0.4 is 5.32 Å². The number of hydrogen-bond donors (Lipinski definition) is 1. The molecule has 0 spiro atoms. The summed E-state index contributed by atoms with van der Waals surface area (Å²) in [7, 11) is 1.61. The van der Waals surface area contributed by atoms with E-state index in [9.17, 15) is 4.79 Å². The summed E-state index contributed by atoms with van der Waals surface area (Å²) in [4.78, 5) is 19.0. The maximum atomic E-state index is 12.2. The summed E-state index contributed by atoms with van der Waals surface area (Å²) in [5.74, 6) is 0.671. The number of nitrogens with one attached hydrogen (secondary N) is 1. The van der Waals surface area contributed by atoms with Crippen LogP contribution in [-0.4, -0.2) is 42.1 Å². The molecular formula is C19H25N3O3. The van der Waals surface area contributed by atoms with E-state index in [1.807, 2.05) is 13.0 Å². The Balaban J connectivity index is 1.68. The number of fused-ring (bicyclic) bond motifs is 1. The fourth-order valence-electron chi connectivity index (χ4n) is 3.17. The number of oxazole rings is 1. The van der Waals surface area contributed by atoms with Crippen molar-refractivity contribution in [1.29, 1.82) is 0 Å². The van der Waals surface area contributed by atoms with Crippen molar-refractivity contribution in [2.45, 2.75) is 38.9 Å². The van der Waals surface area contributed by atoms with Gasteiger partial charge in [-0.15, -0.1) is 0 Å². The summed E-state index contributed by atoms with van der Waals surface area (Å²) in [6.07, 6.45) is 0.764. The summed E-state index contributed by atoms with van der Waals surface area (Å²) in [6.45, 7) is 6.11. The van der Waals surface area contributed by atoms with Crippen LogP contribution in [0.15, 0.2) is 34.7 Å². The lowest BCUT2D eigenvalue weighted by Crippen LogP contribution is -2.35. The number of carbonyl (C=O) groups is 1. The van der Waals surface area contributed by atoms with Gasteiger partial charge in [0.25, 0.3) is 5.89 Å². The number of rotatable bonds is 6. The first-order chi connectivity index (χ1) is 12.1. The van der Waals surface area contributed by atoms with Crippen LogP contribution in [0.1, 0.15) is 47.6 Å². The average Bonchev–Trinajstić information content (AvgIpc) is 3.05. The van der Waals surface area contributed by atoms with Crippen LogP contribution in [0.2, 0.25) is 0 Å². The van der Waals surface area contributed by atoms with Crippen LogP contribution in [0.4, 0.5) is 0 Å². The quantitative estimate of drug-likeness (QED) is 0.873. The molecule has 2 atom stereocenters. The van der Waals surface area contributed by atoms with E-state index in [0.29, 0.717) is 19.2 Å². The normalized spacial score (nSPS) is 16.9. The SMILES string of the molecule is COC[C@H](C)NC(=O)c1nc2c(o1)CCN(C(C)c1ccccc1)C2. The highest BCUT2D eigenvalue weighted by Gasteiger charge is 2.27. The van der Waals surface area contributed by atoms with E-state index >= 15 is 0 Å². The summed E-state index contributed by atoms with van der Waals surface area (Å²) in [6, 6.07) is 10.6. The second-order valence-electron chi connectivity index (χ2n) is 6.53. The van der Waals surface area contributed by atoms with Gasteiger partial charge in [0.05, 0.1) is 12.3 Å². The maximum absolute atomic E-state index is 12.2. The molecule has 0 aliphatic carbocycles. The van der Waals surface area contributed by atoms with Gasteiger partial charge in [-0.25, -0.2) is 4.98 Å². The molecule has 6 heteroatoms. The highest BCUT2D eigenvalue weighted by Crippen LogP contribution is 2.27. The van der Waals surface area contributed by atoms with Crippen LogP contribution >= 0.6 is 0 Å². The van der Waals surface area contributed by atoms with Crippen LogP contribution in [-0.2, 0) is 17.7 Å². The number of carbonyl (C=O) groups excluding carboxylic acids is 1. The lowest BCUT2D eigenvalue weighted by Gasteiger charge is -2.31. The molecule has 25 heavy (non-hydrogen) atoms. The molecule has 2 aromatic rings. The fourth-order valence-corrected chi connectivity index (χ4v) is 3.17. The number of hydrogen-bond acceptors (Lipinski definition) is 5. The van der Waals surface area contributed by atoms with Crippen LogP contribution in [0.25, 0.3) is 0 Å². The Kier molecular flexibility index (Phi) is 5.50. The van der Waals surface area contributed by atoms with Crippen molar-refractivity contribution in [3.05, 3.63) is 53.2 Å². The maximum Gasteiger partial charge on any atom is 0.307 e. The minimum absolute atomic E-state index is 0.0870. The van der Waals surface area contributed by atoms with Crippen molar-refractivity contribution in [3.8, 4) is 0 Å². The van der Waals surface area contributed by atoms with Crippen molar-refractivity contribution in [2.24, 2.45) is 0 Å². The number of ether oxygens (including phenoxy) is 1. The van der Waals surface area contributed by atoms with Crippen LogP contribution in [0, 0.1) is 0 Å². The first-order valence-electron chi connectivity index (χ1n) is 8.66. The number of aromatic nitrogens is 1. The van der Waals surface area contributed by atoms with Crippen molar-refractivity contribution in [3.63, 3.8) is 0 Å². The van der Waals surface area contributed by atoms with Gasteiger partial charge in [-0.05, 0) is 19.4 Å². The molecule has 2 heterocycles. The standard InChI is InChI=1S/C19H25N3O3/c1-13(12-24-3)20-18(23)19-21-16-11-22(10-9-17(16)25-19)14(2)15-7-5-4-6-8-15/h4-8,13-14H,9-12H2,1-3H3,(H,20,23)/t13-,14?/m0/s1. The Labute approximate surface area is 148 Å². The fraction of sp³-hybridized carbons (Fsp3) is 0.474. The topological polar surface area (TPSA) is 67.6 Å². The molecule has 1 aromatic heterocycles. The summed E-state index contributed by atoms with van der Waals surface area (Å²) in [5.41, 5.74) is 2.14. The first-order valence-corrected chi connectivity index (χ1v) is 8.66. The highest BCUT2D eigenvalue weighted by molar-refractivity contribution is 5.89. The Morgan fingerprint density at radius 3 is 2.84 bits per heavy atom. The van der Waals surface area contributed by atoms with Gasteiger partial charge in [0.2, 0.25) is 0 Å². The molecule has 1 aliphatic rings. The van der Waals surface area contributed by atoms with Gasteiger partial charge in [0, 0.05) is 38.7 Å². The number of nitrogens with zero attached hydrogens (tertiary/aromatic N) is 2. The molecule has 0 saturated carbocycles. The van der Waals surface area contributed by atoms with E-state index in [2.05, 4.69) is 46.4 Å². The molecule has 0 radical (unpaired) electrons. The molecule has 134 valence electrons. The lowest BCUT2D eigenvalue weighted by atomic mass is 10.0. The van der Waals surface area contributed by atoms with Gasteiger partial charge >= 0.3 is 5.91 Å². The summed E-state index contributed by atoms with van der Waals surface area (Å²) < 4.78 is 10.7. The molecular weight excluding hydrogens is 318 g/mol. The molecule has 6 nitrogen and oxygen atoms in total. The molecule has 1 amide bonds. The predicted molar refractivity (Wildman–Crippen MR) is 94.3 cm³/mol. The molecule has 0 saturated heterocycles. The zero-order valence-corrected chi connectivity index (χ0v) is 15.0. The van der Waals surface area contributed by atoms with Crippen molar-refractivity contribution in [1.82, 2.24) is 15.2 Å². The number of benzene rings is 1. The van der Waals surface area contributed by atoms with E-state index < -0.39 is 0 Å². The van der Waals surface area contributed by atoms with Gasteiger partial charge in [-0.1, -0.05) is 30.3 Å². The van der Waals surface area contributed by atoms with Crippen LogP contribution in [0.5, 0.6) is 0 Å². The van der Waals surface area contributed by atoms with Crippen molar-refractivity contribution in [2.75, 3.05) is 20.3 Å². The largest absolute Gasteiger partial charge is 0.437 e. The van der Waals surface area contributed by atoms with Gasteiger partial charge in [0.15, 0.2) is 0 Å². The van der Waals surface area contributed by atoms with Crippen molar-refractivity contribution >= 4 is 5.91 Å². The second-order valence-corrected chi connectivity index (χ2v) is 6.53. The number of amides is 1. The molecule has 1 N–H and O–H groups in total. The van der Waals surface area contributed by atoms with E-state index in [4.69, 9.17) is 9.15 Å². The molecule has 3 rings (SSSR count). The average molecular weight is 343 g/mol. The molecule has 0 fully saturated rings. The third-order valence-electron chi connectivity index (χ3n) is 4.58. The zero-order chi connectivity index (χ0) is 17.8. The monoisotopic (exact) mass is 343 g/mol. The smallest absolute Gasteiger partial charge is 0.307 e. The van der Waals surface area contributed by atoms with E-state index in [1.165, 1.54) is 5.56 Å². The molecule has 1 unspecified atom stereocenters. The predicted octanol–water partition coefficient (Wildman–Crippen LogP) is 2.56. The third-order valence-corrected chi connectivity index (χ3v) is 4.58. The van der Waals surface area contributed by atoms with E-state index in [0.717, 1.165) is 24.4 Å². The minimum Gasteiger partial charge on any atom is -0.437 e. The molecule has 0 bridgehead atoms. The summed E-state index contributed by atoms with van der Waals surface area (Å²) >= 11 is 0. The Morgan fingerprint density at radius 1 is 1.36 bits per heavy atom. The Morgan fingerprint density at radius 2 is 2.12 bits per heavy atom. The van der Waals surface area contributed by atoms with Gasteiger partial charge < -0.3 is 14.5 Å². The number of methoxy groups -OCH3 is 1. The molecule has 1 aromatic carbocycles. The third kappa shape index (κ3) is 4.08. The highest BCUT2D eigenvalue weighted by atomic mass is 16.5. The van der Waals surface area contributed by atoms with Crippen molar-refractivity contribution < 1.29 is 13.9 Å². The van der Waals surface area contributed by atoms with Gasteiger partial charge in [0.1, 0.15) is 5.76 Å². The Bertz CT molecular complexity index is 714. The minimum atomic E-state index is -0.290.